The number of aryl methyl sites for hydroxylation is 1. The van der Waals surface area contributed by atoms with Crippen molar-refractivity contribution >= 4 is 29.0 Å². The molecule has 0 aliphatic heterocycles. The van der Waals surface area contributed by atoms with E-state index in [1.807, 2.05) is 4.57 Å². The van der Waals surface area contributed by atoms with Gasteiger partial charge < -0.3 is 9.30 Å². The minimum Gasteiger partial charge on any atom is -0.466 e. The molecular formula is C13H17N5O3. The van der Waals surface area contributed by atoms with Gasteiger partial charge in [-0.15, -0.1) is 0 Å². The number of amides is 1. The van der Waals surface area contributed by atoms with Crippen molar-refractivity contribution in [2.75, 3.05) is 11.9 Å². The van der Waals surface area contributed by atoms with Gasteiger partial charge in [-0.05, 0) is 12.8 Å². The van der Waals surface area contributed by atoms with Crippen LogP contribution < -0.4 is 5.32 Å². The van der Waals surface area contributed by atoms with Crippen molar-refractivity contribution in [3.8, 4) is 0 Å². The van der Waals surface area contributed by atoms with Gasteiger partial charge in [0.05, 0.1) is 19.1 Å². The average Bonchev–Trinajstić information content (AvgIpc) is 2.80. The first-order valence-corrected chi connectivity index (χ1v) is 6.65. The third-order valence-corrected chi connectivity index (χ3v) is 2.77. The molecule has 112 valence electrons. The van der Waals surface area contributed by atoms with Crippen molar-refractivity contribution < 1.29 is 14.3 Å². The number of esters is 1. The number of nitrogens with zero attached hydrogens (tertiary/aromatic N) is 4. The first kappa shape index (κ1) is 14.9. The molecule has 1 N–H and O–H groups in total. The molecule has 2 aromatic heterocycles. The number of hydrogen-bond donors (Lipinski definition) is 1. The van der Waals surface area contributed by atoms with Gasteiger partial charge in [-0.1, -0.05) is 0 Å². The zero-order chi connectivity index (χ0) is 15.2. The molecule has 0 atom stereocenters. The lowest BCUT2D eigenvalue weighted by molar-refractivity contribution is -0.141. The topological polar surface area (TPSA) is 99.0 Å². The molecule has 21 heavy (non-hydrogen) atoms. The first-order chi connectivity index (χ1) is 10.1. The van der Waals surface area contributed by atoms with Crippen LogP contribution in [0.15, 0.2) is 12.5 Å². The van der Waals surface area contributed by atoms with Gasteiger partial charge in [0.1, 0.15) is 5.52 Å². The quantitative estimate of drug-likeness (QED) is 0.632. The summed E-state index contributed by atoms with van der Waals surface area (Å²) in [7, 11) is 0. The summed E-state index contributed by atoms with van der Waals surface area (Å²) in [5, 5.41) is 2.52. The van der Waals surface area contributed by atoms with Gasteiger partial charge in [0.2, 0.25) is 11.9 Å². The summed E-state index contributed by atoms with van der Waals surface area (Å²) in [5.41, 5.74) is 1.34. The third kappa shape index (κ3) is 4.23. The maximum absolute atomic E-state index is 11.0. The van der Waals surface area contributed by atoms with E-state index >= 15 is 0 Å². The number of rotatable bonds is 6. The number of ether oxygens (including phenoxy) is 1. The predicted octanol–water partition coefficient (Wildman–Crippen LogP) is 1.13. The first-order valence-electron chi connectivity index (χ1n) is 6.65. The van der Waals surface area contributed by atoms with E-state index in [0.29, 0.717) is 12.3 Å². The highest BCUT2D eigenvalue weighted by molar-refractivity contribution is 5.87. The lowest BCUT2D eigenvalue weighted by Gasteiger charge is -2.05. The fourth-order valence-electron chi connectivity index (χ4n) is 1.85. The van der Waals surface area contributed by atoms with Crippen molar-refractivity contribution in [2.24, 2.45) is 0 Å². The van der Waals surface area contributed by atoms with Gasteiger partial charge in [0.25, 0.3) is 0 Å². The van der Waals surface area contributed by atoms with Crippen LogP contribution in [-0.2, 0) is 20.9 Å². The van der Waals surface area contributed by atoms with Crippen LogP contribution in [0.5, 0.6) is 0 Å². The van der Waals surface area contributed by atoms with Gasteiger partial charge in [0, 0.05) is 20.4 Å². The van der Waals surface area contributed by atoms with Gasteiger partial charge in [-0.25, -0.2) is 9.97 Å². The van der Waals surface area contributed by atoms with E-state index in [4.69, 9.17) is 4.74 Å². The number of carbonyl (C=O) groups is 2. The highest BCUT2D eigenvalue weighted by atomic mass is 16.5. The maximum atomic E-state index is 11.0. The fourth-order valence-corrected chi connectivity index (χ4v) is 1.85. The fraction of sp³-hybridized carbons (Fsp3) is 0.462. The van der Waals surface area contributed by atoms with Gasteiger partial charge >= 0.3 is 5.97 Å². The molecule has 8 heteroatoms. The molecule has 0 aliphatic carbocycles. The smallest absolute Gasteiger partial charge is 0.302 e. The molecule has 8 nitrogen and oxygen atoms in total. The number of hydrogen-bond acceptors (Lipinski definition) is 6. The second-order valence-corrected chi connectivity index (χ2v) is 4.57. The van der Waals surface area contributed by atoms with Crippen molar-refractivity contribution in [1.82, 2.24) is 19.5 Å². The van der Waals surface area contributed by atoms with E-state index in [1.54, 1.807) is 12.5 Å². The van der Waals surface area contributed by atoms with Crippen LogP contribution in [0.25, 0.3) is 11.2 Å². The zero-order valence-corrected chi connectivity index (χ0v) is 12.0. The molecule has 0 fully saturated rings. The Bertz CT molecular complexity index is 652. The Morgan fingerprint density at radius 3 is 2.81 bits per heavy atom. The van der Waals surface area contributed by atoms with E-state index in [2.05, 4.69) is 20.3 Å². The predicted molar refractivity (Wildman–Crippen MR) is 75.5 cm³/mol. The van der Waals surface area contributed by atoms with E-state index in [1.165, 1.54) is 13.8 Å². The summed E-state index contributed by atoms with van der Waals surface area (Å²) >= 11 is 0. The Balaban J connectivity index is 1.95. The van der Waals surface area contributed by atoms with Crippen LogP contribution in [0.3, 0.4) is 0 Å². The van der Waals surface area contributed by atoms with Crippen LogP contribution in [0, 0.1) is 0 Å². The Morgan fingerprint density at radius 2 is 2.10 bits per heavy atom. The van der Waals surface area contributed by atoms with Crippen LogP contribution in [0.2, 0.25) is 0 Å². The van der Waals surface area contributed by atoms with Crippen molar-refractivity contribution in [2.45, 2.75) is 33.2 Å². The molecule has 0 bridgehead atoms. The van der Waals surface area contributed by atoms with E-state index in [-0.39, 0.29) is 17.8 Å². The summed E-state index contributed by atoms with van der Waals surface area (Å²) in [6.07, 6.45) is 4.95. The molecule has 2 heterocycles. The molecule has 2 aromatic rings. The van der Waals surface area contributed by atoms with Gasteiger partial charge in [-0.2, -0.15) is 4.98 Å². The number of unbranched alkanes of at least 4 members (excludes halogenated alkanes) is 1. The third-order valence-electron chi connectivity index (χ3n) is 2.77. The minimum atomic E-state index is -0.262. The largest absolute Gasteiger partial charge is 0.466 e. The van der Waals surface area contributed by atoms with Crippen LogP contribution in [0.4, 0.5) is 5.95 Å². The molecule has 0 aliphatic rings. The molecule has 0 unspecified atom stereocenters. The lowest BCUT2D eigenvalue weighted by Crippen LogP contribution is -2.09. The number of nitrogens with one attached hydrogen (secondary N) is 1. The van der Waals surface area contributed by atoms with Crippen molar-refractivity contribution in [1.29, 1.82) is 0 Å². The SMILES string of the molecule is CC(=O)Nc1ncc2c(ncn2CCCCOC(C)=O)n1. The minimum absolute atomic E-state index is 0.223. The summed E-state index contributed by atoms with van der Waals surface area (Å²) in [5.74, 6) is -0.239. The normalized spacial score (nSPS) is 10.6. The van der Waals surface area contributed by atoms with Gasteiger partial charge in [-0.3, -0.25) is 14.9 Å². The Hall–Kier alpha value is -2.51. The lowest BCUT2D eigenvalue weighted by atomic mass is 10.3. The molecule has 0 radical (unpaired) electrons. The Labute approximate surface area is 121 Å². The number of anilines is 1. The van der Waals surface area contributed by atoms with E-state index in [9.17, 15) is 9.59 Å². The summed E-state index contributed by atoms with van der Waals surface area (Å²) in [6.45, 7) is 3.95. The molecule has 0 spiro atoms. The number of aromatic nitrogens is 4. The maximum Gasteiger partial charge on any atom is 0.302 e. The number of fused-ring (bicyclic) bond motifs is 1. The number of imidazole rings is 1. The summed E-state index contributed by atoms with van der Waals surface area (Å²) in [6, 6.07) is 0. The van der Waals surface area contributed by atoms with E-state index in [0.717, 1.165) is 24.9 Å². The zero-order valence-electron chi connectivity index (χ0n) is 12.0. The van der Waals surface area contributed by atoms with Crippen LogP contribution in [-0.4, -0.2) is 38.0 Å². The standard InChI is InChI=1S/C13H17N5O3/c1-9(19)16-13-14-7-11-12(17-13)15-8-18(11)5-3-4-6-21-10(2)20/h7-8H,3-6H2,1-2H3,(H,14,16,17,19). The van der Waals surface area contributed by atoms with E-state index < -0.39 is 0 Å². The van der Waals surface area contributed by atoms with Gasteiger partial charge in [0.15, 0.2) is 5.65 Å². The molecule has 0 saturated carbocycles. The second kappa shape index (κ2) is 6.78. The molecular weight excluding hydrogens is 274 g/mol. The molecule has 0 saturated heterocycles. The summed E-state index contributed by atoms with van der Waals surface area (Å²) < 4.78 is 6.80. The molecule has 2 rings (SSSR count). The highest BCUT2D eigenvalue weighted by Crippen LogP contribution is 2.12. The molecule has 0 aromatic carbocycles. The van der Waals surface area contributed by atoms with Crippen LogP contribution in [0.1, 0.15) is 26.7 Å². The monoisotopic (exact) mass is 291 g/mol. The molecule has 1 amide bonds. The highest BCUT2D eigenvalue weighted by Gasteiger charge is 2.07. The Morgan fingerprint density at radius 1 is 1.29 bits per heavy atom. The van der Waals surface area contributed by atoms with Crippen LogP contribution >= 0.6 is 0 Å². The summed E-state index contributed by atoms with van der Waals surface area (Å²) in [4.78, 5) is 34.0. The van der Waals surface area contributed by atoms with Crippen molar-refractivity contribution in [3.05, 3.63) is 12.5 Å². The average molecular weight is 291 g/mol. The van der Waals surface area contributed by atoms with Crippen molar-refractivity contribution in [3.63, 3.8) is 0 Å². The number of carbonyl (C=O) groups excluding carboxylic acids is 2. The second-order valence-electron chi connectivity index (χ2n) is 4.57. The Kier molecular flexibility index (Phi) is 4.81.